The average Bonchev–Trinajstić information content (AvgIpc) is 2.34. The van der Waals surface area contributed by atoms with Gasteiger partial charge in [0.05, 0.1) is 6.61 Å². The lowest BCUT2D eigenvalue weighted by Gasteiger charge is -2.13. The first kappa shape index (κ1) is 15.4. The van der Waals surface area contributed by atoms with Crippen LogP contribution in [-0.4, -0.2) is 39.7 Å². The first-order valence-corrected chi connectivity index (χ1v) is 6.05. The molecule has 1 aromatic rings. The van der Waals surface area contributed by atoms with Gasteiger partial charge in [-0.05, 0) is 18.1 Å². The summed E-state index contributed by atoms with van der Waals surface area (Å²) in [5.41, 5.74) is 0.844. The fourth-order valence-electron chi connectivity index (χ4n) is 1.37. The van der Waals surface area contributed by atoms with Gasteiger partial charge in [0.2, 0.25) is 0 Å². The number of aliphatic carboxylic acids is 1. The smallest absolute Gasteiger partial charge is 0.328 e. The molecule has 104 valence electrons. The van der Waals surface area contributed by atoms with E-state index in [1.807, 2.05) is 13.8 Å². The molecule has 1 amide bonds. The Hall–Kier alpha value is -1.66. The molecule has 0 spiro atoms. The Morgan fingerprint density at radius 3 is 2.53 bits per heavy atom. The molecule has 1 rings (SSSR count). The van der Waals surface area contributed by atoms with Gasteiger partial charge in [0.1, 0.15) is 5.15 Å². The minimum Gasteiger partial charge on any atom is -0.480 e. The van der Waals surface area contributed by atoms with Crippen molar-refractivity contribution in [1.29, 1.82) is 0 Å². The largest absolute Gasteiger partial charge is 0.480 e. The number of nitrogens with one attached hydrogen (secondary N) is 1. The van der Waals surface area contributed by atoms with Gasteiger partial charge in [0.25, 0.3) is 5.91 Å². The molecule has 0 radical (unpaired) electrons. The van der Waals surface area contributed by atoms with E-state index in [1.165, 1.54) is 6.07 Å². The van der Waals surface area contributed by atoms with Crippen molar-refractivity contribution in [2.75, 3.05) is 6.61 Å². The molecule has 0 fully saturated rings. The summed E-state index contributed by atoms with van der Waals surface area (Å²) in [6.45, 7) is 3.11. The van der Waals surface area contributed by atoms with Crippen LogP contribution in [0.15, 0.2) is 12.1 Å². The van der Waals surface area contributed by atoms with Crippen molar-refractivity contribution in [2.45, 2.75) is 25.8 Å². The van der Waals surface area contributed by atoms with Crippen molar-refractivity contribution in [1.82, 2.24) is 10.3 Å². The zero-order valence-corrected chi connectivity index (χ0v) is 11.3. The maximum Gasteiger partial charge on any atom is 0.328 e. The summed E-state index contributed by atoms with van der Waals surface area (Å²) in [6.07, 6.45) is 0. The highest BCUT2D eigenvalue weighted by Gasteiger charge is 2.20. The third-order valence-electron chi connectivity index (χ3n) is 2.45. The van der Waals surface area contributed by atoms with Gasteiger partial charge in [-0.1, -0.05) is 25.4 Å². The monoisotopic (exact) mass is 286 g/mol. The lowest BCUT2D eigenvalue weighted by molar-refractivity contribution is -0.140. The number of carbonyl (C=O) groups excluding carboxylic acids is 1. The third-order valence-corrected chi connectivity index (χ3v) is 2.65. The lowest BCUT2D eigenvalue weighted by atomic mass is 10.1. The van der Waals surface area contributed by atoms with Gasteiger partial charge in [0, 0.05) is 11.3 Å². The highest BCUT2D eigenvalue weighted by Crippen LogP contribution is 2.17. The second kappa shape index (κ2) is 6.49. The standard InChI is InChI=1S/C12H15ClN2O4/c1-6(2)8-3-7(4-10(13)14-8)11(17)15-9(5-16)12(18)19/h3-4,6,9,16H,5H2,1-2H3,(H,15,17)(H,18,19). The molecule has 0 aliphatic carbocycles. The molecule has 0 saturated heterocycles. The number of amides is 1. The fourth-order valence-corrected chi connectivity index (χ4v) is 1.59. The van der Waals surface area contributed by atoms with Gasteiger partial charge in [-0.2, -0.15) is 0 Å². The van der Waals surface area contributed by atoms with Gasteiger partial charge in [0.15, 0.2) is 6.04 Å². The summed E-state index contributed by atoms with van der Waals surface area (Å²) in [6, 6.07) is 1.54. The van der Waals surface area contributed by atoms with E-state index in [9.17, 15) is 9.59 Å². The molecule has 6 nitrogen and oxygen atoms in total. The predicted octanol–water partition coefficient (Wildman–Crippen LogP) is 1.03. The van der Waals surface area contributed by atoms with Gasteiger partial charge >= 0.3 is 5.97 Å². The van der Waals surface area contributed by atoms with Crippen LogP contribution in [0.1, 0.15) is 35.8 Å². The Kier molecular flexibility index (Phi) is 5.26. The normalized spacial score (nSPS) is 12.3. The highest BCUT2D eigenvalue weighted by molar-refractivity contribution is 6.29. The Balaban J connectivity index is 2.96. The van der Waals surface area contributed by atoms with Crippen LogP contribution in [0, 0.1) is 0 Å². The number of nitrogens with zero attached hydrogens (tertiary/aromatic N) is 1. The first-order valence-electron chi connectivity index (χ1n) is 5.67. The molecule has 3 N–H and O–H groups in total. The number of aromatic nitrogens is 1. The molecule has 0 aliphatic rings. The maximum atomic E-state index is 11.9. The molecule has 1 heterocycles. The highest BCUT2D eigenvalue weighted by atomic mass is 35.5. The van der Waals surface area contributed by atoms with Crippen LogP contribution in [0.3, 0.4) is 0 Å². The summed E-state index contributed by atoms with van der Waals surface area (Å²) >= 11 is 5.81. The van der Waals surface area contributed by atoms with E-state index in [0.717, 1.165) is 0 Å². The Labute approximate surface area is 115 Å². The SMILES string of the molecule is CC(C)c1cc(C(=O)NC(CO)C(=O)O)cc(Cl)n1. The molecular weight excluding hydrogens is 272 g/mol. The number of carboxylic acids is 1. The van der Waals surface area contributed by atoms with Gasteiger partial charge < -0.3 is 15.5 Å². The summed E-state index contributed by atoms with van der Waals surface area (Å²) in [7, 11) is 0. The Bertz CT molecular complexity index is 491. The number of rotatable bonds is 5. The van der Waals surface area contributed by atoms with E-state index < -0.39 is 24.5 Å². The topological polar surface area (TPSA) is 99.5 Å². The molecule has 1 aromatic heterocycles. The predicted molar refractivity (Wildman–Crippen MR) is 69.3 cm³/mol. The second-order valence-electron chi connectivity index (χ2n) is 4.30. The molecule has 1 unspecified atom stereocenters. The van der Waals surface area contributed by atoms with Crippen molar-refractivity contribution in [3.63, 3.8) is 0 Å². The summed E-state index contributed by atoms with van der Waals surface area (Å²) in [5.74, 6) is -1.84. The van der Waals surface area contributed by atoms with Crippen LogP contribution >= 0.6 is 11.6 Å². The maximum absolute atomic E-state index is 11.9. The fraction of sp³-hybridized carbons (Fsp3) is 0.417. The van der Waals surface area contributed by atoms with E-state index in [-0.39, 0.29) is 16.6 Å². The van der Waals surface area contributed by atoms with Gasteiger partial charge in [-0.15, -0.1) is 0 Å². The zero-order valence-electron chi connectivity index (χ0n) is 10.6. The number of aliphatic hydroxyl groups is 1. The summed E-state index contributed by atoms with van der Waals surface area (Å²) in [4.78, 5) is 26.7. The molecule has 19 heavy (non-hydrogen) atoms. The lowest BCUT2D eigenvalue weighted by Crippen LogP contribution is -2.43. The number of carbonyl (C=O) groups is 2. The van der Waals surface area contributed by atoms with Crippen molar-refractivity contribution in [3.05, 3.63) is 28.5 Å². The molecule has 0 bridgehead atoms. The number of hydrogen-bond acceptors (Lipinski definition) is 4. The van der Waals surface area contributed by atoms with Gasteiger partial charge in [-0.3, -0.25) is 4.79 Å². The zero-order chi connectivity index (χ0) is 14.6. The molecular formula is C12H15ClN2O4. The molecule has 1 atom stereocenters. The molecule has 7 heteroatoms. The Morgan fingerprint density at radius 1 is 1.42 bits per heavy atom. The number of carboxylic acid groups (broad SMARTS) is 1. The van der Waals surface area contributed by atoms with Crippen LogP contribution in [0.5, 0.6) is 0 Å². The van der Waals surface area contributed by atoms with Crippen LogP contribution in [0.4, 0.5) is 0 Å². The number of aliphatic hydroxyl groups excluding tert-OH is 1. The first-order chi connectivity index (χ1) is 8.85. The minimum atomic E-state index is -1.35. The van der Waals surface area contributed by atoms with Crippen molar-refractivity contribution in [2.24, 2.45) is 0 Å². The van der Waals surface area contributed by atoms with Crippen LogP contribution < -0.4 is 5.32 Å². The average molecular weight is 287 g/mol. The summed E-state index contributed by atoms with van der Waals surface area (Å²) in [5, 5.41) is 20.0. The molecule has 0 aromatic carbocycles. The molecule has 0 aliphatic heterocycles. The molecule has 0 saturated carbocycles. The van der Waals surface area contributed by atoms with E-state index >= 15 is 0 Å². The van der Waals surface area contributed by atoms with E-state index in [1.54, 1.807) is 6.07 Å². The van der Waals surface area contributed by atoms with Crippen molar-refractivity contribution < 1.29 is 19.8 Å². The van der Waals surface area contributed by atoms with Crippen molar-refractivity contribution >= 4 is 23.5 Å². The number of pyridine rings is 1. The van der Waals surface area contributed by atoms with Crippen LogP contribution in [0.25, 0.3) is 0 Å². The number of halogens is 1. The quantitative estimate of drug-likeness (QED) is 0.702. The van der Waals surface area contributed by atoms with Crippen LogP contribution in [-0.2, 0) is 4.79 Å². The van der Waals surface area contributed by atoms with E-state index in [0.29, 0.717) is 5.69 Å². The minimum absolute atomic E-state index is 0.0818. The summed E-state index contributed by atoms with van der Waals surface area (Å²) < 4.78 is 0. The van der Waals surface area contributed by atoms with Crippen molar-refractivity contribution in [3.8, 4) is 0 Å². The number of hydrogen-bond donors (Lipinski definition) is 3. The van der Waals surface area contributed by atoms with Gasteiger partial charge in [-0.25, -0.2) is 9.78 Å². The second-order valence-corrected chi connectivity index (χ2v) is 4.69. The Morgan fingerprint density at radius 2 is 2.05 bits per heavy atom. The third kappa shape index (κ3) is 4.18. The van der Waals surface area contributed by atoms with Crippen LogP contribution in [0.2, 0.25) is 5.15 Å². The van der Waals surface area contributed by atoms with E-state index in [2.05, 4.69) is 10.3 Å². The van der Waals surface area contributed by atoms with E-state index in [4.69, 9.17) is 21.8 Å².